The summed E-state index contributed by atoms with van der Waals surface area (Å²) in [5.74, 6) is -0.0732. The van der Waals surface area contributed by atoms with Gasteiger partial charge in [0.15, 0.2) is 9.84 Å². The molecule has 0 atom stereocenters. The lowest BCUT2D eigenvalue weighted by molar-refractivity contribution is -0.121. The average Bonchev–Trinajstić information content (AvgIpc) is 3.19. The van der Waals surface area contributed by atoms with Crippen LogP contribution in [0.2, 0.25) is 0 Å². The summed E-state index contributed by atoms with van der Waals surface area (Å²) >= 11 is 0. The molecular weight excluding hydrogens is 364 g/mol. The van der Waals surface area contributed by atoms with Gasteiger partial charge in [-0.2, -0.15) is 0 Å². The second-order valence-corrected chi connectivity index (χ2v) is 8.30. The molecule has 3 rings (SSSR count). The number of amides is 1. The van der Waals surface area contributed by atoms with Gasteiger partial charge in [0, 0.05) is 42.7 Å². The van der Waals surface area contributed by atoms with E-state index in [2.05, 4.69) is 10.3 Å². The number of sulfone groups is 1. The number of nitrogens with zero attached hydrogens (tertiary/aromatic N) is 1. The summed E-state index contributed by atoms with van der Waals surface area (Å²) in [6.07, 6.45) is 8.76. The van der Waals surface area contributed by atoms with Gasteiger partial charge in [-0.05, 0) is 41.8 Å². The van der Waals surface area contributed by atoms with E-state index in [1.807, 2.05) is 12.1 Å². The fraction of sp³-hybridized carbons (Fsp3) is 0.200. The monoisotopic (exact) mass is 384 g/mol. The quantitative estimate of drug-likeness (QED) is 0.676. The molecule has 0 bridgehead atoms. The number of hydrogen-bond donors (Lipinski definition) is 1. The van der Waals surface area contributed by atoms with E-state index in [0.717, 1.165) is 22.3 Å². The predicted molar refractivity (Wildman–Crippen MR) is 102 cm³/mol. The number of pyridine rings is 1. The first-order valence-electron chi connectivity index (χ1n) is 8.44. The van der Waals surface area contributed by atoms with Crippen molar-refractivity contribution in [1.82, 2.24) is 10.3 Å². The molecule has 0 unspecified atom stereocenters. The topological polar surface area (TPSA) is 89.3 Å². The molecule has 0 aliphatic carbocycles. The molecule has 0 radical (unpaired) electrons. The summed E-state index contributed by atoms with van der Waals surface area (Å²) in [5.41, 5.74) is 3.69. The maximum atomic E-state index is 12.1. The Bertz CT molecular complexity index is 1010. The lowest BCUT2D eigenvalue weighted by Crippen LogP contribution is -2.23. The molecule has 0 aliphatic heterocycles. The Morgan fingerprint density at radius 1 is 1.07 bits per heavy atom. The van der Waals surface area contributed by atoms with Gasteiger partial charge in [-0.15, -0.1) is 0 Å². The normalized spacial score (nSPS) is 11.3. The van der Waals surface area contributed by atoms with Crippen LogP contribution in [0.25, 0.3) is 11.1 Å². The number of aromatic nitrogens is 1. The molecule has 1 amide bonds. The highest BCUT2D eigenvalue weighted by Crippen LogP contribution is 2.19. The van der Waals surface area contributed by atoms with Crippen molar-refractivity contribution in [2.75, 3.05) is 6.26 Å². The van der Waals surface area contributed by atoms with Crippen molar-refractivity contribution in [3.63, 3.8) is 0 Å². The number of carbonyl (C=O) groups is 1. The van der Waals surface area contributed by atoms with Gasteiger partial charge in [-0.25, -0.2) is 8.42 Å². The molecule has 1 aromatic carbocycles. The van der Waals surface area contributed by atoms with Crippen molar-refractivity contribution < 1.29 is 17.6 Å². The minimum atomic E-state index is -3.20. The van der Waals surface area contributed by atoms with E-state index in [0.29, 0.717) is 19.4 Å². The third kappa shape index (κ3) is 5.27. The number of nitrogens with one attached hydrogen (secondary N) is 1. The predicted octanol–water partition coefficient (Wildman–Crippen LogP) is 2.99. The Kier molecular flexibility index (Phi) is 5.71. The van der Waals surface area contributed by atoms with Gasteiger partial charge >= 0.3 is 0 Å². The van der Waals surface area contributed by atoms with Crippen molar-refractivity contribution >= 4 is 15.7 Å². The van der Waals surface area contributed by atoms with Crippen LogP contribution in [0.15, 0.2) is 70.6 Å². The van der Waals surface area contributed by atoms with E-state index in [1.54, 1.807) is 49.2 Å². The number of carbonyl (C=O) groups excluding carboxylic acids is 1. The second-order valence-electron chi connectivity index (χ2n) is 6.29. The van der Waals surface area contributed by atoms with Crippen LogP contribution in [0.3, 0.4) is 0 Å². The van der Waals surface area contributed by atoms with E-state index in [4.69, 9.17) is 4.42 Å². The third-order valence-electron chi connectivity index (χ3n) is 4.13. The molecule has 7 heteroatoms. The zero-order chi connectivity index (χ0) is 19.3. The van der Waals surface area contributed by atoms with E-state index >= 15 is 0 Å². The van der Waals surface area contributed by atoms with Crippen molar-refractivity contribution in [1.29, 1.82) is 0 Å². The molecule has 2 heterocycles. The van der Waals surface area contributed by atoms with Crippen LogP contribution in [0.4, 0.5) is 0 Å². The molecule has 0 aliphatic rings. The number of aryl methyl sites for hydroxylation is 1. The van der Waals surface area contributed by atoms with Crippen molar-refractivity contribution in [3.05, 3.63) is 72.4 Å². The Morgan fingerprint density at radius 3 is 2.52 bits per heavy atom. The zero-order valence-corrected chi connectivity index (χ0v) is 15.7. The van der Waals surface area contributed by atoms with Crippen LogP contribution in [0.1, 0.15) is 17.5 Å². The van der Waals surface area contributed by atoms with Gasteiger partial charge < -0.3 is 9.73 Å². The summed E-state index contributed by atoms with van der Waals surface area (Å²) in [4.78, 5) is 16.6. The van der Waals surface area contributed by atoms with Gasteiger partial charge in [0.2, 0.25) is 5.91 Å². The Labute approximate surface area is 158 Å². The lowest BCUT2D eigenvalue weighted by Gasteiger charge is -2.07. The van der Waals surface area contributed by atoms with Crippen LogP contribution >= 0.6 is 0 Å². The molecule has 6 nitrogen and oxygen atoms in total. The molecule has 1 N–H and O–H groups in total. The largest absolute Gasteiger partial charge is 0.472 e. The highest BCUT2D eigenvalue weighted by Gasteiger charge is 2.08. The van der Waals surface area contributed by atoms with Crippen LogP contribution in [0.5, 0.6) is 0 Å². The fourth-order valence-corrected chi connectivity index (χ4v) is 3.25. The average molecular weight is 384 g/mol. The van der Waals surface area contributed by atoms with Gasteiger partial charge in [-0.3, -0.25) is 9.78 Å². The SMILES string of the molecule is CS(=O)(=O)c1ccc(CCC(=O)NCc2cncc(-c3ccoc3)c2)cc1. The molecule has 27 heavy (non-hydrogen) atoms. The molecular formula is C20H20N2O4S. The summed E-state index contributed by atoms with van der Waals surface area (Å²) in [6.45, 7) is 0.393. The first-order valence-corrected chi connectivity index (χ1v) is 10.3. The number of benzene rings is 1. The minimum Gasteiger partial charge on any atom is -0.472 e. The summed E-state index contributed by atoms with van der Waals surface area (Å²) < 4.78 is 28.0. The molecule has 140 valence electrons. The Hall–Kier alpha value is -2.93. The Morgan fingerprint density at radius 2 is 1.85 bits per heavy atom. The highest BCUT2D eigenvalue weighted by molar-refractivity contribution is 7.90. The van der Waals surface area contributed by atoms with Gasteiger partial charge in [0.05, 0.1) is 17.4 Å². The highest BCUT2D eigenvalue weighted by atomic mass is 32.2. The van der Waals surface area contributed by atoms with Gasteiger partial charge in [0.1, 0.15) is 0 Å². The van der Waals surface area contributed by atoms with Crippen LogP contribution in [-0.4, -0.2) is 25.6 Å². The molecule has 3 aromatic rings. The lowest BCUT2D eigenvalue weighted by atomic mass is 10.1. The smallest absolute Gasteiger partial charge is 0.220 e. The maximum absolute atomic E-state index is 12.1. The molecule has 0 saturated heterocycles. The van der Waals surface area contributed by atoms with Crippen LogP contribution < -0.4 is 5.32 Å². The van der Waals surface area contributed by atoms with Crippen molar-refractivity contribution in [2.24, 2.45) is 0 Å². The Balaban J connectivity index is 1.51. The van der Waals surface area contributed by atoms with Gasteiger partial charge in [0.25, 0.3) is 0 Å². The first kappa shape index (κ1) is 18.8. The summed E-state index contributed by atoms with van der Waals surface area (Å²) in [5, 5.41) is 2.88. The molecule has 0 fully saturated rings. The van der Waals surface area contributed by atoms with Crippen molar-refractivity contribution in [2.45, 2.75) is 24.3 Å². The van der Waals surface area contributed by atoms with E-state index in [-0.39, 0.29) is 10.8 Å². The fourth-order valence-electron chi connectivity index (χ4n) is 2.62. The number of furan rings is 1. The third-order valence-corrected chi connectivity index (χ3v) is 5.26. The number of rotatable bonds is 7. The molecule has 2 aromatic heterocycles. The van der Waals surface area contributed by atoms with E-state index < -0.39 is 9.84 Å². The van der Waals surface area contributed by atoms with Crippen LogP contribution in [0, 0.1) is 0 Å². The molecule has 0 saturated carbocycles. The number of hydrogen-bond acceptors (Lipinski definition) is 5. The maximum Gasteiger partial charge on any atom is 0.220 e. The van der Waals surface area contributed by atoms with E-state index in [1.165, 1.54) is 6.26 Å². The standard InChI is InChI=1S/C20H20N2O4S/c1-27(24,25)19-5-2-15(3-6-19)4-7-20(23)22-12-16-10-18(13-21-11-16)17-8-9-26-14-17/h2-3,5-6,8-11,13-14H,4,7,12H2,1H3,(H,22,23). The first-order chi connectivity index (χ1) is 12.9. The van der Waals surface area contributed by atoms with Gasteiger partial charge in [-0.1, -0.05) is 12.1 Å². The summed E-state index contributed by atoms with van der Waals surface area (Å²) in [6, 6.07) is 10.4. The van der Waals surface area contributed by atoms with Crippen LogP contribution in [-0.2, 0) is 27.6 Å². The second kappa shape index (κ2) is 8.18. The molecule has 0 spiro atoms. The summed E-state index contributed by atoms with van der Waals surface area (Å²) in [7, 11) is -3.20. The zero-order valence-electron chi connectivity index (χ0n) is 14.9. The van der Waals surface area contributed by atoms with E-state index in [9.17, 15) is 13.2 Å². The van der Waals surface area contributed by atoms with Crippen molar-refractivity contribution in [3.8, 4) is 11.1 Å². The minimum absolute atomic E-state index is 0.0732.